The molecule has 4 rings (SSSR count). The van der Waals surface area contributed by atoms with Gasteiger partial charge in [-0.2, -0.15) is 0 Å². The van der Waals surface area contributed by atoms with Gasteiger partial charge in [0.25, 0.3) is 5.91 Å². The monoisotopic (exact) mass is 443 g/mol. The van der Waals surface area contributed by atoms with E-state index in [2.05, 4.69) is 20.1 Å². The molecule has 0 fully saturated rings. The van der Waals surface area contributed by atoms with Gasteiger partial charge in [-0.25, -0.2) is 4.98 Å². The van der Waals surface area contributed by atoms with E-state index in [4.69, 9.17) is 9.26 Å². The fraction of sp³-hybridized carbons (Fsp3) is 0.240. The summed E-state index contributed by atoms with van der Waals surface area (Å²) in [6.45, 7) is 3.66. The maximum atomic E-state index is 13.0. The van der Waals surface area contributed by atoms with Gasteiger partial charge in [-0.15, -0.1) is 0 Å². The van der Waals surface area contributed by atoms with Crippen LogP contribution in [0.1, 0.15) is 23.8 Å². The summed E-state index contributed by atoms with van der Waals surface area (Å²) >= 11 is 0. The smallest absolute Gasteiger partial charge is 0.272 e. The van der Waals surface area contributed by atoms with E-state index in [0.29, 0.717) is 42.5 Å². The molecule has 168 valence electrons. The van der Waals surface area contributed by atoms with Crippen molar-refractivity contribution in [3.05, 3.63) is 72.8 Å². The van der Waals surface area contributed by atoms with Crippen molar-refractivity contribution in [2.45, 2.75) is 13.3 Å². The minimum Gasteiger partial charge on any atom is -0.383 e. The van der Waals surface area contributed by atoms with Gasteiger partial charge in [-0.05, 0) is 18.6 Å². The van der Waals surface area contributed by atoms with Crippen molar-refractivity contribution in [2.24, 2.45) is 0 Å². The molecule has 8 nitrogen and oxygen atoms in total. The van der Waals surface area contributed by atoms with Crippen LogP contribution in [0.25, 0.3) is 34.0 Å². The lowest BCUT2D eigenvalue weighted by molar-refractivity contribution is 0.0690. The van der Waals surface area contributed by atoms with E-state index in [9.17, 15) is 4.79 Å². The quantitative estimate of drug-likeness (QED) is 0.379. The second kappa shape index (κ2) is 10.6. The maximum Gasteiger partial charge on any atom is 0.272 e. The predicted molar refractivity (Wildman–Crippen MR) is 124 cm³/mol. The van der Waals surface area contributed by atoms with Crippen molar-refractivity contribution in [2.75, 3.05) is 26.8 Å². The molecule has 0 atom stereocenters. The van der Waals surface area contributed by atoms with Gasteiger partial charge in [-0.3, -0.25) is 14.8 Å². The van der Waals surface area contributed by atoms with Gasteiger partial charge >= 0.3 is 0 Å². The van der Waals surface area contributed by atoms with E-state index in [0.717, 1.165) is 23.2 Å². The summed E-state index contributed by atoms with van der Waals surface area (Å²) in [6.07, 6.45) is 5.74. The Morgan fingerprint density at radius 1 is 1.00 bits per heavy atom. The van der Waals surface area contributed by atoms with Crippen molar-refractivity contribution < 1.29 is 14.1 Å². The van der Waals surface area contributed by atoms with Crippen LogP contribution in [0.2, 0.25) is 0 Å². The van der Waals surface area contributed by atoms with Crippen LogP contribution in [0.3, 0.4) is 0 Å². The van der Waals surface area contributed by atoms with Gasteiger partial charge in [0.15, 0.2) is 5.76 Å². The van der Waals surface area contributed by atoms with E-state index in [1.807, 2.05) is 43.3 Å². The van der Waals surface area contributed by atoms with Crippen molar-refractivity contribution >= 4 is 5.91 Å². The molecule has 4 aromatic rings. The van der Waals surface area contributed by atoms with E-state index in [1.165, 1.54) is 0 Å². The normalized spacial score (nSPS) is 10.8. The summed E-state index contributed by atoms with van der Waals surface area (Å²) in [6, 6.07) is 15.2. The van der Waals surface area contributed by atoms with Crippen molar-refractivity contribution in [3.63, 3.8) is 0 Å². The number of amides is 1. The Balaban J connectivity index is 1.59. The summed E-state index contributed by atoms with van der Waals surface area (Å²) in [5.74, 6) is 0.379. The highest BCUT2D eigenvalue weighted by Gasteiger charge is 2.18. The SMILES string of the molecule is CCCN(CCOC)C(=O)c1cc(-c2cncc(-c3cc(-c4ccccc4)no3)n2)ccn1. The number of nitrogens with zero attached hydrogens (tertiary/aromatic N) is 5. The minimum atomic E-state index is -0.136. The lowest BCUT2D eigenvalue weighted by Crippen LogP contribution is -2.35. The first-order chi connectivity index (χ1) is 16.2. The van der Waals surface area contributed by atoms with Crippen LogP contribution in [0.15, 0.2) is 71.6 Å². The number of carbonyl (C=O) groups is 1. The average molecular weight is 444 g/mol. The molecule has 3 heterocycles. The van der Waals surface area contributed by atoms with Gasteiger partial charge in [0.05, 0.1) is 24.7 Å². The number of benzene rings is 1. The lowest BCUT2D eigenvalue weighted by Gasteiger charge is -2.21. The third-order valence-corrected chi connectivity index (χ3v) is 5.09. The Morgan fingerprint density at radius 2 is 1.82 bits per heavy atom. The van der Waals surface area contributed by atoms with Crippen molar-refractivity contribution in [1.82, 2.24) is 25.0 Å². The number of rotatable bonds is 9. The molecular formula is C25H25N5O3. The highest BCUT2D eigenvalue weighted by atomic mass is 16.5. The van der Waals surface area contributed by atoms with Crippen LogP contribution in [-0.4, -0.2) is 57.7 Å². The molecule has 0 bridgehead atoms. The van der Waals surface area contributed by atoms with Crippen LogP contribution in [0, 0.1) is 0 Å². The molecule has 0 aliphatic rings. The molecule has 0 aliphatic heterocycles. The molecule has 1 amide bonds. The first-order valence-electron chi connectivity index (χ1n) is 10.8. The Labute approximate surface area is 192 Å². The molecule has 0 aliphatic carbocycles. The van der Waals surface area contributed by atoms with E-state index < -0.39 is 0 Å². The summed E-state index contributed by atoms with van der Waals surface area (Å²) in [5.41, 5.74) is 3.95. The Morgan fingerprint density at radius 3 is 2.61 bits per heavy atom. The van der Waals surface area contributed by atoms with E-state index >= 15 is 0 Å². The number of hydrogen-bond donors (Lipinski definition) is 0. The molecule has 0 saturated carbocycles. The Bertz CT molecular complexity index is 1210. The zero-order valence-electron chi connectivity index (χ0n) is 18.6. The molecule has 0 N–H and O–H groups in total. The third kappa shape index (κ3) is 5.30. The molecule has 0 radical (unpaired) electrons. The van der Waals surface area contributed by atoms with Gasteiger partial charge < -0.3 is 14.2 Å². The summed E-state index contributed by atoms with van der Waals surface area (Å²) in [5, 5.41) is 4.15. The molecule has 1 aromatic carbocycles. The number of pyridine rings is 1. The van der Waals surface area contributed by atoms with Crippen LogP contribution in [0.5, 0.6) is 0 Å². The van der Waals surface area contributed by atoms with Crippen LogP contribution in [0.4, 0.5) is 0 Å². The van der Waals surface area contributed by atoms with Gasteiger partial charge in [0, 0.05) is 43.6 Å². The second-order valence-electron chi connectivity index (χ2n) is 7.45. The number of aromatic nitrogens is 4. The largest absolute Gasteiger partial charge is 0.383 e. The predicted octanol–water partition coefficient (Wildman–Crippen LogP) is 4.36. The Kier molecular flexibility index (Phi) is 7.16. The standard InChI is InChI=1S/C25H25N5O3/c1-3-11-30(12-13-32-2)25(31)21-14-19(9-10-27-21)22-16-26-17-23(28-22)24-15-20(29-33-24)18-7-5-4-6-8-18/h4-10,14-17H,3,11-13H2,1-2H3. The number of hydrogen-bond acceptors (Lipinski definition) is 7. The average Bonchev–Trinajstić information content (AvgIpc) is 3.37. The second-order valence-corrected chi connectivity index (χ2v) is 7.45. The third-order valence-electron chi connectivity index (χ3n) is 5.09. The van der Waals surface area contributed by atoms with Crippen LogP contribution < -0.4 is 0 Å². The molecule has 8 heteroatoms. The Hall–Kier alpha value is -3.91. The minimum absolute atomic E-state index is 0.136. The summed E-state index contributed by atoms with van der Waals surface area (Å²) in [7, 11) is 1.62. The van der Waals surface area contributed by atoms with E-state index in [1.54, 1.807) is 42.7 Å². The summed E-state index contributed by atoms with van der Waals surface area (Å²) < 4.78 is 10.7. The fourth-order valence-corrected chi connectivity index (χ4v) is 3.42. The molecule has 0 spiro atoms. The molecule has 33 heavy (non-hydrogen) atoms. The first kappa shape index (κ1) is 22.3. The maximum absolute atomic E-state index is 13.0. The van der Waals surface area contributed by atoms with E-state index in [-0.39, 0.29) is 5.91 Å². The van der Waals surface area contributed by atoms with Gasteiger partial charge in [-0.1, -0.05) is 42.4 Å². The van der Waals surface area contributed by atoms with Gasteiger partial charge in [0.2, 0.25) is 0 Å². The highest BCUT2D eigenvalue weighted by molar-refractivity contribution is 5.93. The zero-order chi connectivity index (χ0) is 23.0. The first-order valence-corrected chi connectivity index (χ1v) is 10.8. The summed E-state index contributed by atoms with van der Waals surface area (Å²) in [4.78, 5) is 28.0. The molecule has 3 aromatic heterocycles. The lowest BCUT2D eigenvalue weighted by atomic mass is 10.1. The molecule has 0 saturated heterocycles. The van der Waals surface area contributed by atoms with Crippen LogP contribution >= 0.6 is 0 Å². The number of ether oxygens (including phenoxy) is 1. The number of carbonyl (C=O) groups excluding carboxylic acids is 1. The molecular weight excluding hydrogens is 418 g/mol. The fourth-order valence-electron chi connectivity index (χ4n) is 3.42. The van der Waals surface area contributed by atoms with Crippen molar-refractivity contribution in [3.8, 4) is 34.0 Å². The van der Waals surface area contributed by atoms with Crippen molar-refractivity contribution in [1.29, 1.82) is 0 Å². The van der Waals surface area contributed by atoms with Crippen LogP contribution in [-0.2, 0) is 4.74 Å². The highest BCUT2D eigenvalue weighted by Crippen LogP contribution is 2.26. The number of methoxy groups -OCH3 is 1. The zero-order valence-corrected chi connectivity index (χ0v) is 18.6. The van der Waals surface area contributed by atoms with Gasteiger partial charge in [0.1, 0.15) is 17.1 Å². The topological polar surface area (TPSA) is 94.2 Å². The molecule has 0 unspecified atom stereocenters.